The third kappa shape index (κ3) is 5.18. The summed E-state index contributed by atoms with van der Waals surface area (Å²) in [4.78, 5) is 10.3. The van der Waals surface area contributed by atoms with Gasteiger partial charge in [0.15, 0.2) is 5.82 Å². The number of hydrogen-bond acceptors (Lipinski definition) is 2. The van der Waals surface area contributed by atoms with Gasteiger partial charge in [-0.1, -0.05) is 184 Å². The van der Waals surface area contributed by atoms with E-state index in [1.165, 1.54) is 66.1 Å². The predicted octanol–water partition coefficient (Wildman–Crippen LogP) is 13.4. The van der Waals surface area contributed by atoms with Gasteiger partial charge in [-0.15, -0.1) is 0 Å². The van der Waals surface area contributed by atoms with Crippen molar-refractivity contribution in [1.82, 2.24) is 9.97 Å². The van der Waals surface area contributed by atoms with E-state index >= 15 is 0 Å². The maximum absolute atomic E-state index is 5.22. The van der Waals surface area contributed by atoms with Gasteiger partial charge in [-0.25, -0.2) is 9.97 Å². The average molecular weight is 677 g/mol. The molecule has 0 amide bonds. The van der Waals surface area contributed by atoms with Crippen molar-refractivity contribution < 1.29 is 0 Å². The lowest BCUT2D eigenvalue weighted by Gasteiger charge is -2.22. The van der Waals surface area contributed by atoms with Gasteiger partial charge in [0.2, 0.25) is 0 Å². The molecule has 0 bridgehead atoms. The van der Waals surface area contributed by atoms with Gasteiger partial charge in [0.25, 0.3) is 0 Å². The molecule has 10 rings (SSSR count). The summed E-state index contributed by atoms with van der Waals surface area (Å²) in [5, 5.41) is 4.97. The zero-order chi connectivity index (χ0) is 35.5. The molecule has 0 spiro atoms. The van der Waals surface area contributed by atoms with E-state index in [4.69, 9.17) is 9.97 Å². The molecule has 0 N–H and O–H groups in total. The van der Waals surface area contributed by atoms with E-state index in [1.807, 2.05) is 18.2 Å². The Bertz CT molecular complexity index is 2830. The van der Waals surface area contributed by atoms with Crippen LogP contribution in [0.3, 0.4) is 0 Å². The zero-order valence-electron chi connectivity index (χ0n) is 29.7. The fourth-order valence-electron chi connectivity index (χ4n) is 8.38. The molecule has 0 radical (unpaired) electrons. The quantitative estimate of drug-likeness (QED) is 0.181. The second kappa shape index (κ2) is 12.3. The molecule has 9 aromatic rings. The Morgan fingerprint density at radius 3 is 1.66 bits per heavy atom. The van der Waals surface area contributed by atoms with Gasteiger partial charge in [-0.05, 0) is 78.2 Å². The fourth-order valence-corrected chi connectivity index (χ4v) is 8.38. The highest BCUT2D eigenvalue weighted by atomic mass is 14.9. The Morgan fingerprint density at radius 1 is 0.358 bits per heavy atom. The molecular weight excluding hydrogens is 641 g/mol. The summed E-state index contributed by atoms with van der Waals surface area (Å²) in [6.07, 6.45) is 0. The van der Waals surface area contributed by atoms with Crippen LogP contribution in [-0.4, -0.2) is 9.97 Å². The molecule has 0 aliphatic heterocycles. The van der Waals surface area contributed by atoms with E-state index < -0.39 is 0 Å². The molecule has 8 aromatic carbocycles. The second-order valence-electron chi connectivity index (χ2n) is 14.6. The minimum absolute atomic E-state index is 0.0673. The summed E-state index contributed by atoms with van der Waals surface area (Å²) in [6.45, 7) is 4.71. The molecule has 1 heterocycles. The molecule has 0 fully saturated rings. The molecule has 2 nitrogen and oxygen atoms in total. The molecule has 1 aliphatic carbocycles. The van der Waals surface area contributed by atoms with Crippen molar-refractivity contribution in [3.05, 3.63) is 193 Å². The summed E-state index contributed by atoms with van der Waals surface area (Å²) in [6, 6.07) is 65.4. The van der Waals surface area contributed by atoms with Gasteiger partial charge < -0.3 is 0 Å². The smallest absolute Gasteiger partial charge is 0.160 e. The first-order valence-electron chi connectivity index (χ1n) is 18.3. The molecule has 1 aromatic heterocycles. The van der Waals surface area contributed by atoms with Crippen LogP contribution in [0.15, 0.2) is 182 Å². The summed E-state index contributed by atoms with van der Waals surface area (Å²) in [5.41, 5.74) is 15.2. The van der Waals surface area contributed by atoms with Crippen LogP contribution in [0.4, 0.5) is 0 Å². The topological polar surface area (TPSA) is 25.8 Å². The van der Waals surface area contributed by atoms with Crippen molar-refractivity contribution in [3.63, 3.8) is 0 Å². The first-order valence-corrected chi connectivity index (χ1v) is 18.3. The van der Waals surface area contributed by atoms with Crippen LogP contribution in [-0.2, 0) is 5.41 Å². The summed E-state index contributed by atoms with van der Waals surface area (Å²) < 4.78 is 0. The minimum atomic E-state index is -0.0673. The van der Waals surface area contributed by atoms with Crippen molar-refractivity contribution in [2.24, 2.45) is 0 Å². The maximum Gasteiger partial charge on any atom is 0.160 e. The third-order valence-corrected chi connectivity index (χ3v) is 11.1. The largest absolute Gasteiger partial charge is 0.228 e. The first kappa shape index (κ1) is 31.1. The molecule has 0 saturated carbocycles. The highest BCUT2D eigenvalue weighted by Crippen LogP contribution is 2.52. The van der Waals surface area contributed by atoms with Gasteiger partial charge in [0.05, 0.1) is 11.4 Å². The van der Waals surface area contributed by atoms with Gasteiger partial charge >= 0.3 is 0 Å². The summed E-state index contributed by atoms with van der Waals surface area (Å²) in [7, 11) is 0. The summed E-state index contributed by atoms with van der Waals surface area (Å²) >= 11 is 0. The maximum atomic E-state index is 5.22. The van der Waals surface area contributed by atoms with Crippen LogP contribution in [0.2, 0.25) is 0 Å². The van der Waals surface area contributed by atoms with Crippen LogP contribution in [0.5, 0.6) is 0 Å². The Hall–Kier alpha value is -6.64. The van der Waals surface area contributed by atoms with Crippen molar-refractivity contribution in [2.45, 2.75) is 19.3 Å². The highest BCUT2D eigenvalue weighted by molar-refractivity contribution is 6.07. The molecule has 1 aliphatic rings. The Labute approximate surface area is 310 Å². The van der Waals surface area contributed by atoms with Gasteiger partial charge in [-0.3, -0.25) is 0 Å². The monoisotopic (exact) mass is 676 g/mol. The lowest BCUT2D eigenvalue weighted by atomic mass is 9.81. The van der Waals surface area contributed by atoms with E-state index in [0.29, 0.717) is 5.82 Å². The van der Waals surface area contributed by atoms with Crippen LogP contribution < -0.4 is 0 Å². The molecule has 250 valence electrons. The lowest BCUT2D eigenvalue weighted by molar-refractivity contribution is 0.661. The van der Waals surface area contributed by atoms with Crippen molar-refractivity contribution in [3.8, 4) is 67.3 Å². The molecule has 53 heavy (non-hydrogen) atoms. The predicted molar refractivity (Wildman–Crippen MR) is 222 cm³/mol. The standard InChI is InChI=1S/C51H36N2/c1-51(2)45-29-26-38(31-44(45)49-40-18-10-9-15-35(40)25-30-46(49)51)39-27-28-43(42-20-12-11-19-41(39)42)48-32-47(52-50(53-48)37-16-7-4-8-17-37)36-23-21-34(22-24-36)33-13-5-3-6-14-33/h3-32H,1-2H3. The summed E-state index contributed by atoms with van der Waals surface area (Å²) in [5.74, 6) is 0.713. The van der Waals surface area contributed by atoms with E-state index in [-0.39, 0.29) is 5.41 Å². The zero-order valence-corrected chi connectivity index (χ0v) is 29.7. The SMILES string of the molecule is CC1(C)c2ccc(-c3ccc(-c4cc(-c5ccc(-c6ccccc6)cc5)nc(-c5ccccc5)n4)c4ccccc34)cc2-c2c1ccc1ccccc21. The fraction of sp³-hybridized carbons (Fsp3) is 0.0588. The highest BCUT2D eigenvalue weighted by Gasteiger charge is 2.36. The van der Waals surface area contributed by atoms with Crippen molar-refractivity contribution in [2.75, 3.05) is 0 Å². The van der Waals surface area contributed by atoms with Gasteiger partial charge in [0.1, 0.15) is 0 Å². The Morgan fingerprint density at radius 2 is 0.906 bits per heavy atom. The second-order valence-corrected chi connectivity index (χ2v) is 14.6. The van der Waals surface area contributed by atoms with E-state index in [9.17, 15) is 0 Å². The molecule has 0 saturated heterocycles. The van der Waals surface area contributed by atoms with E-state index in [1.54, 1.807) is 0 Å². The van der Waals surface area contributed by atoms with Crippen LogP contribution >= 0.6 is 0 Å². The van der Waals surface area contributed by atoms with Gasteiger partial charge in [-0.2, -0.15) is 0 Å². The number of fused-ring (bicyclic) bond motifs is 6. The first-order chi connectivity index (χ1) is 26.0. The number of benzene rings is 8. The van der Waals surface area contributed by atoms with Crippen molar-refractivity contribution >= 4 is 21.5 Å². The molecule has 0 atom stereocenters. The lowest BCUT2D eigenvalue weighted by Crippen LogP contribution is -2.14. The van der Waals surface area contributed by atoms with Crippen LogP contribution in [0.25, 0.3) is 88.8 Å². The van der Waals surface area contributed by atoms with Crippen molar-refractivity contribution in [1.29, 1.82) is 0 Å². The normalized spacial score (nSPS) is 12.9. The molecular formula is C51H36N2. The Balaban J connectivity index is 1.12. The number of hydrogen-bond donors (Lipinski definition) is 0. The van der Waals surface area contributed by atoms with E-state index in [0.717, 1.165) is 28.1 Å². The number of rotatable bonds is 5. The Kier molecular flexibility index (Phi) is 7.19. The number of nitrogens with zero attached hydrogens (tertiary/aromatic N) is 2. The van der Waals surface area contributed by atoms with Crippen LogP contribution in [0, 0.1) is 0 Å². The van der Waals surface area contributed by atoms with Crippen LogP contribution in [0.1, 0.15) is 25.0 Å². The minimum Gasteiger partial charge on any atom is -0.228 e. The molecule has 0 unspecified atom stereocenters. The van der Waals surface area contributed by atoms with Gasteiger partial charge in [0, 0.05) is 22.1 Å². The molecule has 2 heteroatoms. The number of aromatic nitrogens is 2. The third-order valence-electron chi connectivity index (χ3n) is 11.1. The average Bonchev–Trinajstić information content (AvgIpc) is 3.46. The van der Waals surface area contributed by atoms with E-state index in [2.05, 4.69) is 178 Å².